The molecule has 0 amide bonds. The monoisotopic (exact) mass is 412 g/mol. The number of halogens is 2. The van der Waals surface area contributed by atoms with Crippen LogP contribution in [0.1, 0.15) is 48.9 Å². The maximum Gasteiger partial charge on any atom is 0.185 e. The highest BCUT2D eigenvalue weighted by atomic mass is 35.5. The third kappa shape index (κ3) is 4.77. The van der Waals surface area contributed by atoms with E-state index in [0.717, 1.165) is 56.3 Å². The van der Waals surface area contributed by atoms with Crippen LogP contribution < -0.4 is 0 Å². The Kier molecular flexibility index (Phi) is 6.47. The molecule has 146 valence electrons. The average Bonchev–Trinajstić information content (AvgIpc) is 2.64. The van der Waals surface area contributed by atoms with Gasteiger partial charge in [0.05, 0.1) is 0 Å². The molecule has 3 rings (SSSR count). The van der Waals surface area contributed by atoms with Crippen molar-refractivity contribution in [2.24, 2.45) is 11.8 Å². The zero-order valence-corrected chi connectivity index (χ0v) is 18.4. The molecule has 1 nitrogen and oxygen atoms in total. The van der Waals surface area contributed by atoms with Crippen molar-refractivity contribution in [3.8, 4) is 0 Å². The molecular weight excluding hydrogens is 387 g/mol. The van der Waals surface area contributed by atoms with Gasteiger partial charge in [-0.15, -0.1) is 0 Å². The summed E-state index contributed by atoms with van der Waals surface area (Å²) in [5.74, 6) is 1.07. The Labute approximate surface area is 178 Å². The van der Waals surface area contributed by atoms with Crippen LogP contribution >= 0.6 is 23.2 Å². The summed E-state index contributed by atoms with van der Waals surface area (Å²) in [4.78, 5) is 13.2. The number of ketones is 1. The Morgan fingerprint density at radius 1 is 0.857 bits per heavy atom. The van der Waals surface area contributed by atoms with Crippen LogP contribution in [0.5, 0.6) is 0 Å². The Morgan fingerprint density at radius 2 is 1.29 bits per heavy atom. The van der Waals surface area contributed by atoms with Gasteiger partial charge in [0.1, 0.15) is 0 Å². The Hall–Kier alpha value is -1.83. The fraction of sp³-hybridized carbons (Fsp3) is 0.320. The molecule has 1 aliphatic carbocycles. The highest BCUT2D eigenvalue weighted by molar-refractivity contribution is 6.31. The molecule has 3 heteroatoms. The molecule has 0 aromatic heterocycles. The number of benzene rings is 2. The number of hydrogen-bond donors (Lipinski definition) is 0. The van der Waals surface area contributed by atoms with Crippen molar-refractivity contribution in [1.82, 2.24) is 0 Å². The molecular formula is C25H26Cl2O. The van der Waals surface area contributed by atoms with E-state index in [1.807, 2.05) is 62.4 Å². The van der Waals surface area contributed by atoms with Crippen molar-refractivity contribution in [2.45, 2.75) is 40.5 Å². The van der Waals surface area contributed by atoms with Crippen molar-refractivity contribution in [3.63, 3.8) is 0 Å². The SMILES string of the molecule is Cc1ccc(/C=C2\CC(C(C)C)C/C(=C\c3ccc(C)c(Cl)c3)C2=O)cc1Cl. The van der Waals surface area contributed by atoms with Gasteiger partial charge in [0.15, 0.2) is 5.78 Å². The summed E-state index contributed by atoms with van der Waals surface area (Å²) in [6, 6.07) is 11.9. The fourth-order valence-corrected chi connectivity index (χ4v) is 3.93. The molecule has 0 heterocycles. The first kappa shape index (κ1) is 20.9. The fourth-order valence-electron chi connectivity index (χ4n) is 3.55. The average molecular weight is 413 g/mol. The molecule has 0 N–H and O–H groups in total. The zero-order valence-electron chi connectivity index (χ0n) is 16.9. The number of Topliss-reactive ketones (excluding diaryl/α,β-unsaturated/α-hetero) is 1. The van der Waals surface area contributed by atoms with E-state index < -0.39 is 0 Å². The van der Waals surface area contributed by atoms with Crippen LogP contribution in [0, 0.1) is 25.7 Å². The number of carbonyl (C=O) groups excluding carboxylic acids is 1. The first-order valence-electron chi connectivity index (χ1n) is 9.72. The first-order valence-corrected chi connectivity index (χ1v) is 10.5. The molecule has 2 aromatic carbocycles. The van der Waals surface area contributed by atoms with Gasteiger partial charge in [0.2, 0.25) is 0 Å². The van der Waals surface area contributed by atoms with Crippen molar-refractivity contribution < 1.29 is 4.79 Å². The summed E-state index contributed by atoms with van der Waals surface area (Å²) in [7, 11) is 0. The van der Waals surface area contributed by atoms with E-state index in [9.17, 15) is 4.79 Å². The molecule has 0 spiro atoms. The topological polar surface area (TPSA) is 17.1 Å². The van der Waals surface area contributed by atoms with Gasteiger partial charge in [-0.1, -0.05) is 61.3 Å². The van der Waals surface area contributed by atoms with Gasteiger partial charge in [-0.05, 0) is 85.1 Å². The Bertz CT molecular complexity index is 893. The summed E-state index contributed by atoms with van der Waals surface area (Å²) in [6.45, 7) is 8.41. The number of aryl methyl sites for hydroxylation is 2. The second kappa shape index (κ2) is 8.68. The summed E-state index contributed by atoms with van der Waals surface area (Å²) in [6.07, 6.45) is 5.60. The highest BCUT2D eigenvalue weighted by Crippen LogP contribution is 2.36. The number of carbonyl (C=O) groups is 1. The maximum atomic E-state index is 13.2. The van der Waals surface area contributed by atoms with E-state index in [0.29, 0.717) is 11.8 Å². The largest absolute Gasteiger partial charge is 0.289 e. The molecule has 0 aliphatic heterocycles. The van der Waals surface area contributed by atoms with Gasteiger partial charge in [0, 0.05) is 21.2 Å². The van der Waals surface area contributed by atoms with Crippen LogP contribution in [-0.2, 0) is 4.79 Å². The van der Waals surface area contributed by atoms with Gasteiger partial charge in [0.25, 0.3) is 0 Å². The van der Waals surface area contributed by atoms with Gasteiger partial charge in [-0.3, -0.25) is 4.79 Å². The zero-order chi connectivity index (χ0) is 20.4. The molecule has 0 bridgehead atoms. The number of allylic oxidation sites excluding steroid dienone is 2. The lowest BCUT2D eigenvalue weighted by molar-refractivity contribution is -0.113. The minimum Gasteiger partial charge on any atom is -0.289 e. The Balaban J connectivity index is 1.99. The summed E-state index contributed by atoms with van der Waals surface area (Å²) >= 11 is 12.5. The van der Waals surface area contributed by atoms with Gasteiger partial charge < -0.3 is 0 Å². The molecule has 2 aromatic rings. The summed E-state index contributed by atoms with van der Waals surface area (Å²) in [5, 5.41) is 1.45. The second-order valence-corrected chi connectivity index (χ2v) is 8.91. The lowest BCUT2D eigenvalue weighted by Crippen LogP contribution is -2.23. The minimum absolute atomic E-state index is 0.130. The molecule has 0 atom stereocenters. The molecule has 28 heavy (non-hydrogen) atoms. The minimum atomic E-state index is 0.130. The van der Waals surface area contributed by atoms with Crippen LogP contribution in [0.3, 0.4) is 0 Å². The predicted molar refractivity (Wildman–Crippen MR) is 121 cm³/mol. The van der Waals surface area contributed by atoms with Crippen LogP contribution in [0.4, 0.5) is 0 Å². The third-order valence-corrected chi connectivity index (χ3v) is 6.38. The van der Waals surface area contributed by atoms with E-state index in [1.54, 1.807) is 0 Å². The summed E-state index contributed by atoms with van der Waals surface area (Å²) < 4.78 is 0. The standard InChI is InChI=1S/C25H26Cl2O/c1-15(2)20-13-21(9-18-7-5-16(3)23(26)11-18)25(28)22(14-20)10-19-8-6-17(4)24(27)12-19/h5-12,15,20H,13-14H2,1-4H3/b21-9+,22-10+. The second-order valence-electron chi connectivity index (χ2n) is 8.10. The predicted octanol–water partition coefficient (Wildman–Crippen LogP) is 7.71. The number of rotatable bonds is 3. The van der Waals surface area contributed by atoms with E-state index in [4.69, 9.17) is 23.2 Å². The van der Waals surface area contributed by atoms with Crippen LogP contribution in [0.2, 0.25) is 10.0 Å². The van der Waals surface area contributed by atoms with Gasteiger partial charge in [-0.2, -0.15) is 0 Å². The van der Waals surface area contributed by atoms with Crippen molar-refractivity contribution in [3.05, 3.63) is 79.8 Å². The molecule has 1 saturated carbocycles. The lowest BCUT2D eigenvalue weighted by Gasteiger charge is -2.28. The first-order chi connectivity index (χ1) is 13.2. The van der Waals surface area contributed by atoms with Crippen molar-refractivity contribution in [1.29, 1.82) is 0 Å². The van der Waals surface area contributed by atoms with E-state index in [-0.39, 0.29) is 5.78 Å². The molecule has 0 saturated heterocycles. The third-order valence-electron chi connectivity index (χ3n) is 5.56. The smallest absolute Gasteiger partial charge is 0.185 e. The van der Waals surface area contributed by atoms with E-state index >= 15 is 0 Å². The highest BCUT2D eigenvalue weighted by Gasteiger charge is 2.29. The maximum absolute atomic E-state index is 13.2. The molecule has 0 unspecified atom stereocenters. The van der Waals surface area contributed by atoms with E-state index in [1.165, 1.54) is 0 Å². The van der Waals surface area contributed by atoms with Crippen molar-refractivity contribution >= 4 is 41.1 Å². The molecule has 1 fully saturated rings. The summed E-state index contributed by atoms with van der Waals surface area (Å²) in [5.41, 5.74) is 5.73. The lowest BCUT2D eigenvalue weighted by atomic mass is 9.75. The molecule has 0 radical (unpaired) electrons. The normalized spacial score (nSPS) is 20.4. The Morgan fingerprint density at radius 3 is 1.64 bits per heavy atom. The quantitative estimate of drug-likeness (QED) is 0.471. The van der Waals surface area contributed by atoms with Gasteiger partial charge in [-0.25, -0.2) is 0 Å². The van der Waals surface area contributed by atoms with Crippen molar-refractivity contribution in [2.75, 3.05) is 0 Å². The van der Waals surface area contributed by atoms with Crippen LogP contribution in [-0.4, -0.2) is 5.78 Å². The number of hydrogen-bond acceptors (Lipinski definition) is 1. The van der Waals surface area contributed by atoms with Crippen LogP contribution in [0.25, 0.3) is 12.2 Å². The van der Waals surface area contributed by atoms with Gasteiger partial charge >= 0.3 is 0 Å². The molecule has 1 aliphatic rings. The van der Waals surface area contributed by atoms with Crippen LogP contribution in [0.15, 0.2) is 47.5 Å². The van der Waals surface area contributed by atoms with E-state index in [2.05, 4.69) is 13.8 Å².